The summed E-state index contributed by atoms with van der Waals surface area (Å²) in [6, 6.07) is 0. The zero-order chi connectivity index (χ0) is 8.55. The monoisotopic (exact) mass is 166 g/mol. The zero-order valence-corrected chi connectivity index (χ0v) is 6.40. The van der Waals surface area contributed by atoms with Crippen LogP contribution in [0.3, 0.4) is 0 Å². The number of nitrogens with zero attached hydrogens (tertiary/aromatic N) is 2. The Hall–Kier alpha value is -1.65. The normalized spacial score (nSPS) is 10.8. The summed E-state index contributed by atoms with van der Waals surface area (Å²) in [5, 5.41) is 0. The van der Waals surface area contributed by atoms with Gasteiger partial charge in [-0.15, -0.1) is 0 Å². The van der Waals surface area contributed by atoms with Gasteiger partial charge in [-0.2, -0.15) is 4.98 Å². The highest BCUT2D eigenvalue weighted by molar-refractivity contribution is 5.67. The van der Waals surface area contributed by atoms with Gasteiger partial charge in [0.2, 0.25) is 0 Å². The Morgan fingerprint density at radius 1 is 1.58 bits per heavy atom. The number of aryl methyl sites for hydroxylation is 1. The maximum atomic E-state index is 10.8. The largest absolute Gasteiger partial charge is 0.441 e. The fourth-order valence-electron chi connectivity index (χ4n) is 1.01. The first-order valence-electron chi connectivity index (χ1n) is 3.54. The fourth-order valence-corrected chi connectivity index (χ4v) is 1.01. The van der Waals surface area contributed by atoms with E-state index in [0.717, 1.165) is 0 Å². The summed E-state index contributed by atoms with van der Waals surface area (Å²) in [5.74, 6) is -0.497. The summed E-state index contributed by atoms with van der Waals surface area (Å²) in [7, 11) is 0. The zero-order valence-electron chi connectivity index (χ0n) is 6.40. The van der Waals surface area contributed by atoms with E-state index in [1.165, 1.54) is 6.39 Å². The second kappa shape index (κ2) is 2.44. The van der Waals surface area contributed by atoms with Crippen LogP contribution in [0.25, 0.3) is 11.3 Å². The van der Waals surface area contributed by atoms with Crippen molar-refractivity contribution in [3.8, 4) is 0 Å². The number of aromatic nitrogens is 2. The van der Waals surface area contributed by atoms with E-state index < -0.39 is 5.76 Å². The van der Waals surface area contributed by atoms with E-state index in [1.54, 1.807) is 0 Å². The van der Waals surface area contributed by atoms with Gasteiger partial charge >= 0.3 is 11.5 Å². The molecule has 2 heterocycles. The standard InChI is InChI=1S/C7H6N2O3/c1-2-4-5-6(11-3-8-5)12-7(10)9-4/h3H,2H2,1H3. The minimum atomic E-state index is -0.642. The first-order chi connectivity index (χ1) is 5.81. The molecule has 0 fully saturated rings. The third kappa shape index (κ3) is 0.903. The molecule has 0 aliphatic heterocycles. The summed E-state index contributed by atoms with van der Waals surface area (Å²) >= 11 is 0. The first kappa shape index (κ1) is 7.02. The van der Waals surface area contributed by atoms with Crippen LogP contribution in [-0.4, -0.2) is 9.97 Å². The molecule has 0 radical (unpaired) electrons. The molecule has 12 heavy (non-hydrogen) atoms. The maximum absolute atomic E-state index is 10.8. The molecular weight excluding hydrogens is 160 g/mol. The molecule has 0 aromatic carbocycles. The van der Waals surface area contributed by atoms with Crippen molar-refractivity contribution in [1.29, 1.82) is 0 Å². The number of rotatable bonds is 1. The van der Waals surface area contributed by atoms with Crippen molar-refractivity contribution < 1.29 is 8.83 Å². The second-order valence-corrected chi connectivity index (χ2v) is 2.27. The number of hydrogen-bond donors (Lipinski definition) is 0. The van der Waals surface area contributed by atoms with Gasteiger partial charge in [0.1, 0.15) is 0 Å². The van der Waals surface area contributed by atoms with Gasteiger partial charge in [-0.05, 0) is 6.42 Å². The molecule has 0 bridgehead atoms. The molecule has 0 saturated heterocycles. The number of hydrogen-bond acceptors (Lipinski definition) is 5. The van der Waals surface area contributed by atoms with Gasteiger partial charge in [0, 0.05) is 0 Å². The lowest BCUT2D eigenvalue weighted by Crippen LogP contribution is -2.06. The predicted octanol–water partition coefficient (Wildman–Crippen LogP) is 0.738. The third-order valence-electron chi connectivity index (χ3n) is 1.55. The van der Waals surface area contributed by atoms with Crippen LogP contribution >= 0.6 is 0 Å². The molecule has 0 aliphatic rings. The molecule has 0 unspecified atom stereocenters. The summed E-state index contributed by atoms with van der Waals surface area (Å²) in [4.78, 5) is 18.3. The molecule has 2 aromatic rings. The molecule has 2 rings (SSSR count). The van der Waals surface area contributed by atoms with Crippen molar-refractivity contribution in [2.24, 2.45) is 0 Å². The van der Waals surface area contributed by atoms with Crippen molar-refractivity contribution in [3.05, 3.63) is 22.6 Å². The van der Waals surface area contributed by atoms with E-state index in [4.69, 9.17) is 4.42 Å². The number of fused-ring (bicyclic) bond motifs is 1. The lowest BCUT2D eigenvalue weighted by Gasteiger charge is -1.91. The summed E-state index contributed by atoms with van der Waals surface area (Å²) in [5.41, 5.74) is 1.13. The lowest BCUT2D eigenvalue weighted by molar-refractivity contribution is 0.432. The molecule has 0 N–H and O–H groups in total. The Balaban J connectivity index is 2.89. The molecule has 0 aliphatic carbocycles. The van der Waals surface area contributed by atoms with Crippen LogP contribution in [0.15, 0.2) is 20.0 Å². The van der Waals surface area contributed by atoms with Crippen molar-refractivity contribution >= 4 is 11.3 Å². The van der Waals surface area contributed by atoms with E-state index in [0.29, 0.717) is 17.6 Å². The van der Waals surface area contributed by atoms with Crippen LogP contribution in [0.1, 0.15) is 12.6 Å². The Morgan fingerprint density at radius 3 is 3.17 bits per heavy atom. The topological polar surface area (TPSA) is 69.1 Å². The average molecular weight is 166 g/mol. The molecule has 62 valence electrons. The van der Waals surface area contributed by atoms with Gasteiger partial charge in [0.15, 0.2) is 11.9 Å². The first-order valence-corrected chi connectivity index (χ1v) is 3.54. The van der Waals surface area contributed by atoms with Crippen molar-refractivity contribution in [3.63, 3.8) is 0 Å². The van der Waals surface area contributed by atoms with Crippen LogP contribution in [-0.2, 0) is 6.42 Å². The molecule has 0 amide bonds. The maximum Gasteiger partial charge on any atom is 0.441 e. The Bertz CT molecular complexity index is 457. The van der Waals surface area contributed by atoms with E-state index in [1.807, 2.05) is 6.92 Å². The van der Waals surface area contributed by atoms with Crippen LogP contribution in [0, 0.1) is 0 Å². The summed E-state index contributed by atoms with van der Waals surface area (Å²) in [6.07, 6.45) is 1.86. The molecule has 2 aromatic heterocycles. The summed E-state index contributed by atoms with van der Waals surface area (Å²) < 4.78 is 9.47. The van der Waals surface area contributed by atoms with Gasteiger partial charge in [-0.3, -0.25) is 0 Å². The molecule has 0 atom stereocenters. The summed E-state index contributed by atoms with van der Waals surface area (Å²) in [6.45, 7) is 1.88. The van der Waals surface area contributed by atoms with E-state index in [2.05, 4.69) is 14.4 Å². The van der Waals surface area contributed by atoms with Crippen LogP contribution in [0.4, 0.5) is 0 Å². The highest BCUT2D eigenvalue weighted by Gasteiger charge is 2.08. The fraction of sp³-hybridized carbons (Fsp3) is 0.286. The molecule has 5 heteroatoms. The van der Waals surface area contributed by atoms with Crippen molar-refractivity contribution in [2.75, 3.05) is 0 Å². The van der Waals surface area contributed by atoms with Crippen LogP contribution in [0.2, 0.25) is 0 Å². The van der Waals surface area contributed by atoms with E-state index in [9.17, 15) is 4.79 Å². The minimum Gasteiger partial charge on any atom is -0.412 e. The third-order valence-corrected chi connectivity index (χ3v) is 1.55. The highest BCUT2D eigenvalue weighted by Crippen LogP contribution is 2.12. The smallest absolute Gasteiger partial charge is 0.412 e. The molecular formula is C7H6N2O3. The quantitative estimate of drug-likeness (QED) is 0.624. The highest BCUT2D eigenvalue weighted by atomic mass is 16.5. The van der Waals surface area contributed by atoms with Crippen LogP contribution < -0.4 is 5.76 Å². The van der Waals surface area contributed by atoms with Gasteiger partial charge in [-0.25, -0.2) is 9.78 Å². The van der Waals surface area contributed by atoms with Crippen molar-refractivity contribution in [2.45, 2.75) is 13.3 Å². The van der Waals surface area contributed by atoms with E-state index >= 15 is 0 Å². The Labute approximate surface area is 67.0 Å². The average Bonchev–Trinajstić information content (AvgIpc) is 2.50. The minimum absolute atomic E-state index is 0.145. The van der Waals surface area contributed by atoms with E-state index in [-0.39, 0.29) is 5.78 Å². The Morgan fingerprint density at radius 2 is 2.42 bits per heavy atom. The SMILES string of the molecule is CCc1nc(=O)oc2ocnc12. The van der Waals surface area contributed by atoms with Gasteiger partial charge in [0.25, 0.3) is 0 Å². The Kier molecular flexibility index (Phi) is 1.43. The second-order valence-electron chi connectivity index (χ2n) is 2.27. The molecule has 0 spiro atoms. The molecule has 5 nitrogen and oxygen atoms in total. The van der Waals surface area contributed by atoms with Gasteiger partial charge < -0.3 is 8.83 Å². The van der Waals surface area contributed by atoms with Gasteiger partial charge in [0.05, 0.1) is 5.69 Å². The lowest BCUT2D eigenvalue weighted by atomic mass is 10.3. The molecule has 0 saturated carbocycles. The van der Waals surface area contributed by atoms with Gasteiger partial charge in [-0.1, -0.05) is 6.92 Å². The van der Waals surface area contributed by atoms with Crippen LogP contribution in [0.5, 0.6) is 0 Å². The van der Waals surface area contributed by atoms with Crippen molar-refractivity contribution in [1.82, 2.24) is 9.97 Å². The predicted molar refractivity (Wildman–Crippen MR) is 39.7 cm³/mol. The number of oxazole rings is 1.